The van der Waals surface area contributed by atoms with Crippen LogP contribution in [0.25, 0.3) is 38.8 Å². The van der Waals surface area contributed by atoms with E-state index >= 15 is 0 Å². The molecule has 0 saturated carbocycles. The zero-order valence-corrected chi connectivity index (χ0v) is 20.3. The first kappa shape index (κ1) is 21.4. The molecule has 170 valence electrons. The number of nitrogens with two attached hydrogens (primary N) is 1. The monoisotopic (exact) mass is 522 g/mol. The van der Waals surface area contributed by atoms with Gasteiger partial charge in [0.25, 0.3) is 11.5 Å². The molecular formula is C28H19BrN4O2. The second kappa shape index (κ2) is 7.99. The topological polar surface area (TPSA) is 90.9 Å². The van der Waals surface area contributed by atoms with E-state index in [0.717, 1.165) is 49.1 Å². The van der Waals surface area contributed by atoms with Crippen LogP contribution in [0.2, 0.25) is 0 Å². The molecule has 0 unspecified atom stereocenters. The highest BCUT2D eigenvalue weighted by Gasteiger charge is 2.28. The SMILES string of the molecule is Cc1c(-c2cnc(C(N)=O)c3c2-c2ccc(Br)cc2C3)cccc1-n1cnc2ccccc2c1=O. The van der Waals surface area contributed by atoms with Crippen molar-refractivity contribution in [3.05, 3.63) is 110 Å². The Morgan fingerprint density at radius 3 is 2.66 bits per heavy atom. The largest absolute Gasteiger partial charge is 0.364 e. The van der Waals surface area contributed by atoms with Crippen molar-refractivity contribution in [2.24, 2.45) is 5.73 Å². The van der Waals surface area contributed by atoms with E-state index in [9.17, 15) is 9.59 Å². The van der Waals surface area contributed by atoms with Crippen LogP contribution in [0.3, 0.4) is 0 Å². The van der Waals surface area contributed by atoms with Crippen molar-refractivity contribution in [1.82, 2.24) is 14.5 Å². The maximum atomic E-state index is 13.3. The number of rotatable bonds is 3. The smallest absolute Gasteiger partial charge is 0.267 e. The lowest BCUT2D eigenvalue weighted by Crippen LogP contribution is -2.19. The lowest BCUT2D eigenvalue weighted by atomic mass is 9.92. The van der Waals surface area contributed by atoms with Crippen molar-refractivity contribution >= 4 is 32.7 Å². The molecule has 1 aliphatic carbocycles. The molecule has 0 atom stereocenters. The molecule has 5 aromatic rings. The van der Waals surface area contributed by atoms with Gasteiger partial charge in [-0.25, -0.2) is 4.98 Å². The van der Waals surface area contributed by atoms with Crippen LogP contribution in [0.5, 0.6) is 0 Å². The van der Waals surface area contributed by atoms with Gasteiger partial charge in [-0.3, -0.25) is 19.1 Å². The second-order valence-electron chi connectivity index (χ2n) is 8.60. The fourth-order valence-electron chi connectivity index (χ4n) is 5.01. The quantitative estimate of drug-likeness (QED) is 0.346. The number of hydrogen-bond acceptors (Lipinski definition) is 4. The van der Waals surface area contributed by atoms with Crippen LogP contribution in [0, 0.1) is 6.92 Å². The normalized spacial score (nSPS) is 11.9. The minimum atomic E-state index is -0.543. The number of benzene rings is 3. The summed E-state index contributed by atoms with van der Waals surface area (Å²) in [6.45, 7) is 1.98. The van der Waals surface area contributed by atoms with Gasteiger partial charge < -0.3 is 5.73 Å². The Bertz CT molecular complexity index is 1760. The molecule has 35 heavy (non-hydrogen) atoms. The van der Waals surface area contributed by atoms with Crippen molar-refractivity contribution < 1.29 is 4.79 Å². The Labute approximate surface area is 209 Å². The van der Waals surface area contributed by atoms with Crippen molar-refractivity contribution in [2.75, 3.05) is 0 Å². The third kappa shape index (κ3) is 3.31. The fraction of sp³-hybridized carbons (Fsp3) is 0.0714. The fourth-order valence-corrected chi connectivity index (χ4v) is 5.42. The van der Waals surface area contributed by atoms with E-state index in [1.54, 1.807) is 23.2 Å². The first-order chi connectivity index (χ1) is 16.9. The van der Waals surface area contributed by atoms with Gasteiger partial charge in [-0.15, -0.1) is 0 Å². The summed E-state index contributed by atoms with van der Waals surface area (Å²) >= 11 is 3.55. The van der Waals surface area contributed by atoms with E-state index in [2.05, 4.69) is 38.0 Å². The minimum absolute atomic E-state index is 0.126. The highest BCUT2D eigenvalue weighted by Crippen LogP contribution is 2.45. The number of carbonyl (C=O) groups excluding carboxylic acids is 1. The van der Waals surface area contributed by atoms with E-state index in [-0.39, 0.29) is 5.56 Å². The minimum Gasteiger partial charge on any atom is -0.364 e. The molecule has 0 saturated heterocycles. The van der Waals surface area contributed by atoms with Crippen molar-refractivity contribution in [2.45, 2.75) is 13.3 Å². The maximum Gasteiger partial charge on any atom is 0.267 e. The first-order valence-electron chi connectivity index (χ1n) is 11.1. The van der Waals surface area contributed by atoms with Gasteiger partial charge in [-0.1, -0.05) is 46.3 Å². The summed E-state index contributed by atoms with van der Waals surface area (Å²) in [5.74, 6) is -0.543. The van der Waals surface area contributed by atoms with Crippen LogP contribution < -0.4 is 11.3 Å². The Balaban J connectivity index is 1.60. The molecule has 1 aliphatic rings. The molecule has 0 bridgehead atoms. The number of carbonyl (C=O) groups is 1. The van der Waals surface area contributed by atoms with Gasteiger partial charge in [0.2, 0.25) is 0 Å². The lowest BCUT2D eigenvalue weighted by Gasteiger charge is -2.17. The molecule has 2 heterocycles. The Morgan fingerprint density at radius 2 is 1.83 bits per heavy atom. The van der Waals surface area contributed by atoms with Crippen LogP contribution in [0.15, 0.2) is 82.5 Å². The molecular weight excluding hydrogens is 504 g/mol. The van der Waals surface area contributed by atoms with E-state index in [1.807, 2.05) is 49.4 Å². The lowest BCUT2D eigenvalue weighted by molar-refractivity contribution is 0.0995. The molecule has 2 aromatic heterocycles. The number of halogens is 1. The summed E-state index contributed by atoms with van der Waals surface area (Å²) in [5, 5.41) is 0.563. The zero-order chi connectivity index (χ0) is 24.3. The number of para-hydroxylation sites is 1. The summed E-state index contributed by atoms with van der Waals surface area (Å²) in [4.78, 5) is 34.4. The molecule has 0 aliphatic heterocycles. The predicted octanol–water partition coefficient (Wildman–Crippen LogP) is 5.19. The average molecular weight is 523 g/mol. The molecule has 0 spiro atoms. The summed E-state index contributed by atoms with van der Waals surface area (Å²) < 4.78 is 2.55. The number of primary amides is 1. The summed E-state index contributed by atoms with van der Waals surface area (Å²) in [6.07, 6.45) is 3.86. The highest BCUT2D eigenvalue weighted by molar-refractivity contribution is 9.10. The standard InChI is InChI=1S/C28H19BrN4O2/c1-15-18(6-4-8-24(15)33-14-32-23-7-3-2-5-20(23)28(33)35)22-13-31-26(27(30)34)21-12-16-11-17(29)9-10-19(16)25(21)22/h2-11,13-14H,12H2,1H3,(H2,30,34). The molecule has 7 heteroatoms. The molecule has 0 fully saturated rings. The average Bonchev–Trinajstić information content (AvgIpc) is 3.23. The van der Waals surface area contributed by atoms with Crippen molar-refractivity contribution in [1.29, 1.82) is 0 Å². The Morgan fingerprint density at radius 1 is 1.00 bits per heavy atom. The Hall–Kier alpha value is -4.10. The molecule has 2 N–H and O–H groups in total. The maximum absolute atomic E-state index is 13.3. The van der Waals surface area contributed by atoms with Gasteiger partial charge in [0.15, 0.2) is 0 Å². The van der Waals surface area contributed by atoms with E-state index in [4.69, 9.17) is 5.73 Å². The van der Waals surface area contributed by atoms with Gasteiger partial charge in [0.1, 0.15) is 12.0 Å². The number of amides is 1. The third-order valence-electron chi connectivity index (χ3n) is 6.64. The summed E-state index contributed by atoms with van der Waals surface area (Å²) in [7, 11) is 0. The molecule has 3 aromatic carbocycles. The van der Waals surface area contributed by atoms with E-state index < -0.39 is 5.91 Å². The van der Waals surface area contributed by atoms with E-state index in [1.165, 1.54) is 0 Å². The van der Waals surface area contributed by atoms with E-state index in [0.29, 0.717) is 23.0 Å². The first-order valence-corrected chi connectivity index (χ1v) is 11.9. The molecule has 6 rings (SSSR count). The number of fused-ring (bicyclic) bond motifs is 4. The van der Waals surface area contributed by atoms with Gasteiger partial charge in [-0.2, -0.15) is 0 Å². The number of hydrogen-bond donors (Lipinski definition) is 1. The van der Waals surface area contributed by atoms with Crippen molar-refractivity contribution in [3.63, 3.8) is 0 Å². The Kier molecular flexibility index (Phi) is 4.89. The molecule has 0 radical (unpaired) electrons. The van der Waals surface area contributed by atoms with Crippen LogP contribution in [-0.2, 0) is 6.42 Å². The summed E-state index contributed by atoms with van der Waals surface area (Å²) in [5.41, 5.74) is 13.9. The van der Waals surface area contributed by atoms with Gasteiger partial charge in [0.05, 0.1) is 16.6 Å². The van der Waals surface area contributed by atoms with Gasteiger partial charge in [0, 0.05) is 22.7 Å². The van der Waals surface area contributed by atoms with Crippen LogP contribution in [0.4, 0.5) is 0 Å². The highest BCUT2D eigenvalue weighted by atomic mass is 79.9. The van der Waals surface area contributed by atoms with Crippen LogP contribution in [-0.4, -0.2) is 20.4 Å². The van der Waals surface area contributed by atoms with Gasteiger partial charge >= 0.3 is 0 Å². The van der Waals surface area contributed by atoms with Crippen LogP contribution in [0.1, 0.15) is 27.2 Å². The molecule has 1 amide bonds. The second-order valence-corrected chi connectivity index (χ2v) is 9.52. The number of aromatic nitrogens is 3. The number of pyridine rings is 1. The van der Waals surface area contributed by atoms with Gasteiger partial charge in [-0.05, 0) is 70.6 Å². The molecule has 6 nitrogen and oxygen atoms in total. The summed E-state index contributed by atoms with van der Waals surface area (Å²) in [6, 6.07) is 19.3. The number of nitrogens with zero attached hydrogens (tertiary/aromatic N) is 3. The predicted molar refractivity (Wildman–Crippen MR) is 140 cm³/mol. The zero-order valence-electron chi connectivity index (χ0n) is 18.7. The third-order valence-corrected chi connectivity index (χ3v) is 7.13. The van der Waals surface area contributed by atoms with Crippen molar-refractivity contribution in [3.8, 4) is 27.9 Å². The van der Waals surface area contributed by atoms with Crippen LogP contribution >= 0.6 is 15.9 Å².